The minimum absolute atomic E-state index is 0.0787. The highest BCUT2D eigenvalue weighted by Crippen LogP contribution is 2.29. The first-order valence-corrected chi connectivity index (χ1v) is 10.6. The SMILES string of the molecule is Cc1ccc2c(C)nc(N3CCC(C(=O)NCc4cccc(C(F)(F)F)c4)CC3)nc2c1. The fourth-order valence-electron chi connectivity index (χ4n) is 4.06. The van der Waals surface area contributed by atoms with Crippen LogP contribution in [0.2, 0.25) is 0 Å². The molecule has 0 atom stereocenters. The highest BCUT2D eigenvalue weighted by atomic mass is 19.4. The Morgan fingerprint density at radius 1 is 1.09 bits per heavy atom. The number of nitrogens with one attached hydrogen (secondary N) is 1. The van der Waals surface area contributed by atoms with Crippen molar-refractivity contribution in [3.63, 3.8) is 0 Å². The topological polar surface area (TPSA) is 58.1 Å². The molecule has 1 N–H and O–H groups in total. The van der Waals surface area contributed by atoms with Gasteiger partial charge in [0.25, 0.3) is 0 Å². The Kier molecular flexibility index (Phi) is 6.04. The number of carbonyl (C=O) groups excluding carboxylic acids is 1. The van der Waals surface area contributed by atoms with E-state index in [-0.39, 0.29) is 18.4 Å². The van der Waals surface area contributed by atoms with Crippen LogP contribution < -0.4 is 10.2 Å². The summed E-state index contributed by atoms with van der Waals surface area (Å²) in [6.45, 7) is 5.38. The number of nitrogens with zero attached hydrogens (tertiary/aromatic N) is 3. The Balaban J connectivity index is 1.36. The zero-order valence-electron chi connectivity index (χ0n) is 18.0. The fourth-order valence-corrected chi connectivity index (χ4v) is 4.06. The molecule has 2 aromatic carbocycles. The average Bonchev–Trinajstić information content (AvgIpc) is 2.77. The second kappa shape index (κ2) is 8.76. The van der Waals surface area contributed by atoms with Crippen LogP contribution in [0.3, 0.4) is 0 Å². The van der Waals surface area contributed by atoms with E-state index in [1.165, 1.54) is 6.07 Å². The number of rotatable bonds is 4. The van der Waals surface area contributed by atoms with Gasteiger partial charge in [-0.3, -0.25) is 4.79 Å². The molecule has 3 aromatic rings. The van der Waals surface area contributed by atoms with E-state index in [9.17, 15) is 18.0 Å². The van der Waals surface area contributed by atoms with Gasteiger partial charge in [-0.25, -0.2) is 9.97 Å². The molecule has 0 radical (unpaired) electrons. The molecule has 0 aliphatic carbocycles. The van der Waals surface area contributed by atoms with Gasteiger partial charge < -0.3 is 10.2 Å². The molecule has 2 heterocycles. The number of carbonyl (C=O) groups is 1. The van der Waals surface area contributed by atoms with Gasteiger partial charge >= 0.3 is 6.18 Å². The lowest BCUT2D eigenvalue weighted by atomic mass is 9.96. The van der Waals surface area contributed by atoms with E-state index in [2.05, 4.69) is 15.2 Å². The minimum atomic E-state index is -4.39. The van der Waals surface area contributed by atoms with Crippen LogP contribution in [0.1, 0.15) is 35.2 Å². The summed E-state index contributed by atoms with van der Waals surface area (Å²) in [5, 5.41) is 3.82. The summed E-state index contributed by atoms with van der Waals surface area (Å²) in [5.74, 6) is 0.359. The first-order valence-electron chi connectivity index (χ1n) is 10.6. The number of hydrogen-bond acceptors (Lipinski definition) is 4. The van der Waals surface area contributed by atoms with Gasteiger partial charge in [-0.15, -0.1) is 0 Å². The summed E-state index contributed by atoms with van der Waals surface area (Å²) < 4.78 is 38.6. The van der Waals surface area contributed by atoms with E-state index in [1.807, 2.05) is 32.0 Å². The lowest BCUT2D eigenvalue weighted by Gasteiger charge is -2.31. The highest BCUT2D eigenvalue weighted by Gasteiger charge is 2.30. The Morgan fingerprint density at radius 2 is 1.84 bits per heavy atom. The fraction of sp³-hybridized carbons (Fsp3) is 0.375. The van der Waals surface area contributed by atoms with Crippen molar-refractivity contribution in [3.05, 3.63) is 64.8 Å². The van der Waals surface area contributed by atoms with Crippen LogP contribution in [-0.2, 0) is 17.5 Å². The third-order valence-corrected chi connectivity index (χ3v) is 5.90. The first-order chi connectivity index (χ1) is 15.2. The maximum Gasteiger partial charge on any atom is 0.416 e. The smallest absolute Gasteiger partial charge is 0.352 e. The molecule has 1 fully saturated rings. The number of aryl methyl sites for hydroxylation is 2. The van der Waals surface area contributed by atoms with Crippen molar-refractivity contribution < 1.29 is 18.0 Å². The zero-order valence-corrected chi connectivity index (χ0v) is 18.0. The van der Waals surface area contributed by atoms with Gasteiger partial charge in [-0.05, 0) is 56.0 Å². The number of hydrogen-bond donors (Lipinski definition) is 1. The molecule has 1 aromatic heterocycles. The van der Waals surface area contributed by atoms with Gasteiger partial charge in [0.05, 0.1) is 16.8 Å². The van der Waals surface area contributed by atoms with Crippen molar-refractivity contribution in [2.75, 3.05) is 18.0 Å². The van der Waals surface area contributed by atoms with Crippen molar-refractivity contribution in [2.24, 2.45) is 5.92 Å². The number of aromatic nitrogens is 2. The average molecular weight is 442 g/mol. The predicted molar refractivity (Wildman–Crippen MR) is 117 cm³/mol. The normalized spacial score (nSPS) is 15.2. The number of anilines is 1. The van der Waals surface area contributed by atoms with Gasteiger partial charge in [0.2, 0.25) is 11.9 Å². The van der Waals surface area contributed by atoms with Gasteiger partial charge in [0.1, 0.15) is 0 Å². The number of fused-ring (bicyclic) bond motifs is 1. The third kappa shape index (κ3) is 4.84. The van der Waals surface area contributed by atoms with Crippen LogP contribution in [0.15, 0.2) is 42.5 Å². The van der Waals surface area contributed by atoms with Crippen molar-refractivity contribution in [3.8, 4) is 0 Å². The second-order valence-corrected chi connectivity index (χ2v) is 8.31. The van der Waals surface area contributed by atoms with Crippen molar-refractivity contribution in [1.82, 2.24) is 15.3 Å². The Hall–Kier alpha value is -3.16. The second-order valence-electron chi connectivity index (χ2n) is 8.31. The van der Waals surface area contributed by atoms with Crippen LogP contribution in [-0.4, -0.2) is 29.0 Å². The van der Waals surface area contributed by atoms with Crippen molar-refractivity contribution in [1.29, 1.82) is 0 Å². The number of amides is 1. The molecule has 32 heavy (non-hydrogen) atoms. The van der Waals surface area contributed by atoms with Crippen molar-refractivity contribution >= 4 is 22.8 Å². The minimum Gasteiger partial charge on any atom is -0.352 e. The molecule has 5 nitrogen and oxygen atoms in total. The molecule has 1 aliphatic heterocycles. The number of halogens is 3. The Bertz CT molecular complexity index is 1140. The summed E-state index contributed by atoms with van der Waals surface area (Å²) >= 11 is 0. The van der Waals surface area contributed by atoms with Gasteiger partial charge in [-0.1, -0.05) is 24.3 Å². The molecule has 168 valence electrons. The molecular formula is C24H25F3N4O. The monoisotopic (exact) mass is 442 g/mol. The third-order valence-electron chi connectivity index (χ3n) is 5.90. The molecule has 0 unspecified atom stereocenters. The predicted octanol–water partition coefficient (Wildman–Crippen LogP) is 4.80. The molecule has 0 spiro atoms. The Labute approximate surface area is 184 Å². The van der Waals surface area contributed by atoms with Gasteiger partial charge in [0.15, 0.2) is 0 Å². The zero-order chi connectivity index (χ0) is 22.9. The number of alkyl halides is 3. The molecule has 1 aliphatic rings. The molecule has 1 amide bonds. The van der Waals surface area contributed by atoms with E-state index in [4.69, 9.17) is 4.98 Å². The summed E-state index contributed by atoms with van der Waals surface area (Å²) in [7, 11) is 0. The molecule has 0 saturated carbocycles. The van der Waals surface area contributed by atoms with Crippen LogP contribution in [0.25, 0.3) is 10.9 Å². The van der Waals surface area contributed by atoms with E-state index < -0.39 is 11.7 Å². The van der Waals surface area contributed by atoms with Crippen LogP contribution in [0.4, 0.5) is 19.1 Å². The lowest BCUT2D eigenvalue weighted by Crippen LogP contribution is -2.41. The van der Waals surface area contributed by atoms with Crippen LogP contribution in [0, 0.1) is 19.8 Å². The first kappa shape index (κ1) is 22.0. The van der Waals surface area contributed by atoms with Gasteiger partial charge in [0, 0.05) is 30.9 Å². The Morgan fingerprint density at radius 3 is 2.56 bits per heavy atom. The van der Waals surface area contributed by atoms with Crippen LogP contribution >= 0.6 is 0 Å². The van der Waals surface area contributed by atoms with Crippen LogP contribution in [0.5, 0.6) is 0 Å². The molecular weight excluding hydrogens is 417 g/mol. The van der Waals surface area contributed by atoms with E-state index >= 15 is 0 Å². The van der Waals surface area contributed by atoms with E-state index in [1.54, 1.807) is 6.07 Å². The molecule has 8 heteroatoms. The summed E-state index contributed by atoms with van der Waals surface area (Å²) in [4.78, 5) is 24.0. The lowest BCUT2D eigenvalue weighted by molar-refractivity contribution is -0.137. The van der Waals surface area contributed by atoms with Crippen molar-refractivity contribution in [2.45, 2.75) is 39.4 Å². The maximum absolute atomic E-state index is 12.9. The standard InChI is InChI=1S/C24H25F3N4O/c1-15-6-7-20-16(2)29-23(30-21(20)12-15)31-10-8-18(9-11-31)22(32)28-14-17-4-3-5-19(13-17)24(25,26)27/h3-7,12-13,18H,8-11,14H2,1-2H3,(H,28,32). The molecule has 1 saturated heterocycles. The van der Waals surface area contributed by atoms with E-state index in [0.717, 1.165) is 34.3 Å². The molecule has 4 rings (SSSR count). The number of benzene rings is 2. The molecule has 0 bridgehead atoms. The van der Waals surface area contributed by atoms with Gasteiger partial charge in [-0.2, -0.15) is 13.2 Å². The summed E-state index contributed by atoms with van der Waals surface area (Å²) in [5.41, 5.74) is 2.69. The summed E-state index contributed by atoms with van der Waals surface area (Å²) in [6.07, 6.45) is -3.11. The largest absolute Gasteiger partial charge is 0.416 e. The van der Waals surface area contributed by atoms with E-state index in [0.29, 0.717) is 37.4 Å². The quantitative estimate of drug-likeness (QED) is 0.631. The maximum atomic E-state index is 12.9. The summed E-state index contributed by atoms with van der Waals surface area (Å²) in [6, 6.07) is 11.2. The number of piperidine rings is 1. The highest BCUT2D eigenvalue weighted by molar-refractivity contribution is 5.82.